The lowest BCUT2D eigenvalue weighted by molar-refractivity contribution is -0.116. The van der Waals surface area contributed by atoms with Crippen LogP contribution in [0.2, 0.25) is 0 Å². The number of anilines is 1. The third-order valence-corrected chi connectivity index (χ3v) is 4.80. The molecule has 0 saturated carbocycles. The number of hydrogen-bond donors (Lipinski definition) is 1. The molecule has 4 rings (SSSR count). The van der Waals surface area contributed by atoms with Crippen LogP contribution in [0.15, 0.2) is 46.9 Å². The van der Waals surface area contributed by atoms with E-state index < -0.39 is 0 Å². The van der Waals surface area contributed by atoms with E-state index >= 15 is 0 Å². The SMILES string of the molecule is Cc1cc(C)c(NC(=O)Cn2c(-c3nnc(C)o3)cc3ccccc32)c(C)c1. The standard InChI is InChI=1S/C22H22N4O2/c1-13-9-14(2)21(15(3)10-13)23-20(27)12-26-18-8-6-5-7-17(18)11-19(26)22-25-24-16(4)28-22/h5-11H,12H2,1-4H3,(H,23,27). The molecule has 142 valence electrons. The molecular weight excluding hydrogens is 352 g/mol. The Morgan fingerprint density at radius 1 is 1.04 bits per heavy atom. The van der Waals surface area contributed by atoms with Gasteiger partial charge in [-0.05, 0) is 44.0 Å². The molecule has 2 aromatic heterocycles. The Labute approximate surface area is 163 Å². The van der Waals surface area contributed by atoms with Crippen LogP contribution in [-0.4, -0.2) is 20.7 Å². The number of carbonyl (C=O) groups is 1. The lowest BCUT2D eigenvalue weighted by Gasteiger charge is -2.14. The zero-order valence-corrected chi connectivity index (χ0v) is 16.4. The van der Waals surface area contributed by atoms with Crippen molar-refractivity contribution in [2.75, 3.05) is 5.32 Å². The van der Waals surface area contributed by atoms with Crippen LogP contribution in [0.1, 0.15) is 22.6 Å². The van der Waals surface area contributed by atoms with Gasteiger partial charge in [-0.3, -0.25) is 4.79 Å². The Bertz CT molecular complexity index is 1160. The highest BCUT2D eigenvalue weighted by atomic mass is 16.4. The van der Waals surface area contributed by atoms with Gasteiger partial charge in [-0.25, -0.2) is 0 Å². The average Bonchev–Trinajstić information content (AvgIpc) is 3.22. The normalized spacial score (nSPS) is 11.1. The number of nitrogens with zero attached hydrogens (tertiary/aromatic N) is 3. The number of para-hydroxylation sites is 1. The summed E-state index contributed by atoms with van der Waals surface area (Å²) in [5.74, 6) is 0.792. The van der Waals surface area contributed by atoms with Gasteiger partial charge < -0.3 is 14.3 Å². The molecule has 2 aromatic carbocycles. The van der Waals surface area contributed by atoms with Crippen LogP contribution < -0.4 is 5.32 Å². The molecular formula is C22H22N4O2. The summed E-state index contributed by atoms with van der Waals surface area (Å²) in [4.78, 5) is 12.9. The van der Waals surface area contributed by atoms with Gasteiger partial charge in [0.05, 0.1) is 0 Å². The van der Waals surface area contributed by atoms with E-state index in [0.29, 0.717) is 11.8 Å². The first-order chi connectivity index (χ1) is 13.4. The Hall–Kier alpha value is -3.41. The van der Waals surface area contributed by atoms with Crippen molar-refractivity contribution in [3.63, 3.8) is 0 Å². The molecule has 1 amide bonds. The zero-order valence-electron chi connectivity index (χ0n) is 16.4. The van der Waals surface area contributed by atoms with E-state index in [1.807, 2.05) is 48.7 Å². The van der Waals surface area contributed by atoms with Crippen LogP contribution in [-0.2, 0) is 11.3 Å². The molecule has 0 spiro atoms. The van der Waals surface area contributed by atoms with Gasteiger partial charge in [0, 0.05) is 23.5 Å². The molecule has 0 aliphatic heterocycles. The van der Waals surface area contributed by atoms with E-state index in [4.69, 9.17) is 4.42 Å². The average molecular weight is 374 g/mol. The summed E-state index contributed by atoms with van der Waals surface area (Å²) in [6.07, 6.45) is 0. The molecule has 4 aromatic rings. The summed E-state index contributed by atoms with van der Waals surface area (Å²) in [7, 11) is 0. The van der Waals surface area contributed by atoms with Crippen LogP contribution >= 0.6 is 0 Å². The van der Waals surface area contributed by atoms with Crippen molar-refractivity contribution < 1.29 is 9.21 Å². The third kappa shape index (κ3) is 3.29. The van der Waals surface area contributed by atoms with E-state index in [2.05, 4.69) is 34.6 Å². The summed E-state index contributed by atoms with van der Waals surface area (Å²) < 4.78 is 7.53. The van der Waals surface area contributed by atoms with Crippen molar-refractivity contribution in [3.8, 4) is 11.6 Å². The van der Waals surface area contributed by atoms with E-state index in [0.717, 1.165) is 33.4 Å². The number of rotatable bonds is 4. The van der Waals surface area contributed by atoms with Crippen molar-refractivity contribution in [2.24, 2.45) is 0 Å². The number of aryl methyl sites for hydroxylation is 4. The number of hydrogen-bond acceptors (Lipinski definition) is 4. The van der Waals surface area contributed by atoms with E-state index in [1.54, 1.807) is 6.92 Å². The number of fused-ring (bicyclic) bond motifs is 1. The van der Waals surface area contributed by atoms with Gasteiger partial charge in [0.1, 0.15) is 12.2 Å². The topological polar surface area (TPSA) is 73.0 Å². The van der Waals surface area contributed by atoms with Gasteiger partial charge in [-0.15, -0.1) is 10.2 Å². The van der Waals surface area contributed by atoms with Gasteiger partial charge in [-0.1, -0.05) is 35.9 Å². The smallest absolute Gasteiger partial charge is 0.264 e. The van der Waals surface area contributed by atoms with Crippen molar-refractivity contribution in [3.05, 3.63) is 65.0 Å². The molecule has 28 heavy (non-hydrogen) atoms. The predicted molar refractivity (Wildman–Crippen MR) is 109 cm³/mol. The maximum atomic E-state index is 12.9. The first kappa shape index (κ1) is 18.0. The van der Waals surface area contributed by atoms with E-state index in [-0.39, 0.29) is 12.5 Å². The second kappa shape index (κ2) is 6.96. The molecule has 6 heteroatoms. The fourth-order valence-electron chi connectivity index (χ4n) is 3.66. The molecule has 1 N–H and O–H groups in total. The molecule has 0 saturated heterocycles. The minimum absolute atomic E-state index is 0.103. The van der Waals surface area contributed by atoms with Crippen LogP contribution in [0.3, 0.4) is 0 Å². The number of nitrogens with one attached hydrogen (secondary N) is 1. The van der Waals surface area contributed by atoms with Crippen LogP contribution in [0.25, 0.3) is 22.5 Å². The Morgan fingerprint density at radius 3 is 2.43 bits per heavy atom. The first-order valence-corrected chi connectivity index (χ1v) is 9.19. The Morgan fingerprint density at radius 2 is 1.75 bits per heavy atom. The molecule has 0 fully saturated rings. The fourth-order valence-corrected chi connectivity index (χ4v) is 3.66. The summed E-state index contributed by atoms with van der Waals surface area (Å²) in [6.45, 7) is 7.97. The monoisotopic (exact) mass is 374 g/mol. The molecule has 0 bridgehead atoms. The highest BCUT2D eigenvalue weighted by Gasteiger charge is 2.18. The van der Waals surface area contributed by atoms with Gasteiger partial charge in [0.2, 0.25) is 11.8 Å². The van der Waals surface area contributed by atoms with Crippen molar-refractivity contribution in [1.82, 2.24) is 14.8 Å². The van der Waals surface area contributed by atoms with Crippen molar-refractivity contribution in [1.29, 1.82) is 0 Å². The second-order valence-electron chi connectivity index (χ2n) is 7.12. The molecule has 0 aliphatic carbocycles. The van der Waals surface area contributed by atoms with Gasteiger partial charge in [-0.2, -0.15) is 0 Å². The summed E-state index contributed by atoms with van der Waals surface area (Å²) in [5.41, 5.74) is 5.82. The fraction of sp³-hybridized carbons (Fsp3) is 0.227. The molecule has 2 heterocycles. The van der Waals surface area contributed by atoms with Crippen LogP contribution in [0.5, 0.6) is 0 Å². The largest absolute Gasteiger partial charge is 0.420 e. The van der Waals surface area contributed by atoms with Gasteiger partial charge in [0.15, 0.2) is 0 Å². The molecule has 0 radical (unpaired) electrons. The highest BCUT2D eigenvalue weighted by molar-refractivity contribution is 5.94. The lowest BCUT2D eigenvalue weighted by Crippen LogP contribution is -2.20. The summed E-state index contributed by atoms with van der Waals surface area (Å²) in [5, 5.41) is 12.1. The van der Waals surface area contributed by atoms with E-state index in [9.17, 15) is 4.79 Å². The van der Waals surface area contributed by atoms with Gasteiger partial charge >= 0.3 is 0 Å². The van der Waals surface area contributed by atoms with E-state index in [1.165, 1.54) is 5.56 Å². The molecule has 6 nitrogen and oxygen atoms in total. The number of amides is 1. The lowest BCUT2D eigenvalue weighted by atomic mass is 10.1. The van der Waals surface area contributed by atoms with Crippen LogP contribution in [0.4, 0.5) is 5.69 Å². The number of benzene rings is 2. The third-order valence-electron chi connectivity index (χ3n) is 4.80. The first-order valence-electron chi connectivity index (χ1n) is 9.19. The molecule has 0 atom stereocenters. The minimum atomic E-state index is -0.103. The maximum absolute atomic E-state index is 12.9. The Kier molecular flexibility index (Phi) is 4.47. The van der Waals surface area contributed by atoms with Crippen molar-refractivity contribution >= 4 is 22.5 Å². The summed E-state index contributed by atoms with van der Waals surface area (Å²) in [6, 6.07) is 14.0. The van der Waals surface area contributed by atoms with Crippen LogP contribution in [0, 0.1) is 27.7 Å². The zero-order chi connectivity index (χ0) is 19.8. The van der Waals surface area contributed by atoms with Gasteiger partial charge in [0.25, 0.3) is 5.89 Å². The number of carbonyl (C=O) groups excluding carboxylic acids is 1. The highest BCUT2D eigenvalue weighted by Crippen LogP contribution is 2.28. The summed E-state index contributed by atoms with van der Waals surface area (Å²) >= 11 is 0. The Balaban J connectivity index is 1.70. The predicted octanol–water partition coefficient (Wildman–Crippen LogP) is 4.56. The molecule has 0 unspecified atom stereocenters. The maximum Gasteiger partial charge on any atom is 0.264 e. The number of aromatic nitrogens is 3. The second-order valence-corrected chi connectivity index (χ2v) is 7.12. The minimum Gasteiger partial charge on any atom is -0.420 e. The molecule has 0 aliphatic rings. The van der Waals surface area contributed by atoms with Crippen molar-refractivity contribution in [2.45, 2.75) is 34.2 Å². The quantitative estimate of drug-likeness (QED) is 0.568.